The first kappa shape index (κ1) is 18.6. The molecule has 27 heavy (non-hydrogen) atoms. The Hall–Kier alpha value is -3.22. The van der Waals surface area contributed by atoms with Gasteiger partial charge in [-0.2, -0.15) is 0 Å². The summed E-state index contributed by atoms with van der Waals surface area (Å²) in [5, 5.41) is 14.5. The molecule has 0 aliphatic heterocycles. The van der Waals surface area contributed by atoms with E-state index in [9.17, 15) is 4.79 Å². The number of nitrogens with zero attached hydrogens (tertiary/aromatic N) is 4. The summed E-state index contributed by atoms with van der Waals surface area (Å²) in [5.74, 6) is 1.15. The van der Waals surface area contributed by atoms with Crippen LogP contribution in [0, 0.1) is 13.8 Å². The molecule has 1 heterocycles. The van der Waals surface area contributed by atoms with Crippen molar-refractivity contribution in [3.05, 3.63) is 65.0 Å². The average Bonchev–Trinajstić information content (AvgIpc) is 3.08. The Morgan fingerprint density at radius 2 is 1.78 bits per heavy atom. The van der Waals surface area contributed by atoms with Crippen molar-refractivity contribution in [1.29, 1.82) is 0 Å². The normalized spacial score (nSPS) is 10.9. The van der Waals surface area contributed by atoms with Gasteiger partial charge in [0.05, 0.1) is 6.04 Å². The van der Waals surface area contributed by atoms with Crippen molar-refractivity contribution in [2.24, 2.45) is 0 Å². The maximum Gasteiger partial charge on any atom is 0.255 e. The number of hydrogen-bond acceptors (Lipinski definition) is 5. The summed E-state index contributed by atoms with van der Waals surface area (Å²) in [6, 6.07) is 13.1. The van der Waals surface area contributed by atoms with Crippen LogP contribution in [0.5, 0.6) is 5.75 Å². The molecule has 0 spiro atoms. The molecule has 7 nitrogen and oxygen atoms in total. The summed E-state index contributed by atoms with van der Waals surface area (Å²) in [6.45, 7) is 8.28. The predicted octanol–water partition coefficient (Wildman–Crippen LogP) is 3.70. The molecule has 0 bridgehead atoms. The van der Waals surface area contributed by atoms with E-state index in [2.05, 4.69) is 26.9 Å². The molecule has 1 N–H and O–H groups in total. The minimum Gasteiger partial charge on any atom is -0.486 e. The summed E-state index contributed by atoms with van der Waals surface area (Å²) < 4.78 is 7.44. The van der Waals surface area contributed by atoms with Gasteiger partial charge in [0.2, 0.25) is 0 Å². The number of anilines is 1. The zero-order chi connectivity index (χ0) is 19.4. The second-order valence-corrected chi connectivity index (χ2v) is 6.78. The van der Waals surface area contributed by atoms with Crippen LogP contribution in [0.1, 0.15) is 47.2 Å². The van der Waals surface area contributed by atoms with E-state index in [1.165, 1.54) is 0 Å². The quantitative estimate of drug-likeness (QED) is 0.720. The molecular weight excluding hydrogens is 342 g/mol. The molecule has 0 saturated carbocycles. The van der Waals surface area contributed by atoms with Gasteiger partial charge in [0.25, 0.3) is 5.91 Å². The third-order valence-corrected chi connectivity index (χ3v) is 4.01. The van der Waals surface area contributed by atoms with E-state index in [1.54, 1.807) is 28.9 Å². The third-order valence-electron chi connectivity index (χ3n) is 4.01. The number of ether oxygens (including phenoxy) is 1. The average molecular weight is 365 g/mol. The van der Waals surface area contributed by atoms with Crippen LogP contribution in [0.25, 0.3) is 0 Å². The summed E-state index contributed by atoms with van der Waals surface area (Å²) in [5.41, 5.74) is 3.57. The van der Waals surface area contributed by atoms with Crippen LogP contribution in [0.2, 0.25) is 0 Å². The van der Waals surface area contributed by atoms with E-state index < -0.39 is 0 Å². The minimum atomic E-state index is -0.157. The van der Waals surface area contributed by atoms with E-state index in [4.69, 9.17) is 4.74 Å². The van der Waals surface area contributed by atoms with Crippen LogP contribution in [0.4, 0.5) is 5.69 Å². The number of carbonyl (C=O) groups excluding carboxylic acids is 1. The maximum absolute atomic E-state index is 12.4. The zero-order valence-electron chi connectivity index (χ0n) is 15.9. The van der Waals surface area contributed by atoms with Gasteiger partial charge in [0.1, 0.15) is 12.4 Å². The lowest BCUT2D eigenvalue weighted by Crippen LogP contribution is -2.12. The Balaban J connectivity index is 1.62. The lowest BCUT2D eigenvalue weighted by molar-refractivity contribution is 0.102. The number of hydrogen-bond donors (Lipinski definition) is 1. The molecule has 0 saturated heterocycles. The van der Waals surface area contributed by atoms with Crippen molar-refractivity contribution >= 4 is 11.6 Å². The number of aromatic nitrogens is 4. The summed E-state index contributed by atoms with van der Waals surface area (Å²) in [4.78, 5) is 12.4. The molecule has 140 valence electrons. The van der Waals surface area contributed by atoms with E-state index >= 15 is 0 Å². The van der Waals surface area contributed by atoms with Crippen molar-refractivity contribution in [2.75, 3.05) is 5.32 Å². The Labute approximate surface area is 158 Å². The van der Waals surface area contributed by atoms with Gasteiger partial charge in [0, 0.05) is 11.3 Å². The van der Waals surface area contributed by atoms with Gasteiger partial charge in [-0.25, -0.2) is 4.68 Å². The van der Waals surface area contributed by atoms with Crippen molar-refractivity contribution in [2.45, 2.75) is 40.3 Å². The molecule has 1 amide bonds. The summed E-state index contributed by atoms with van der Waals surface area (Å²) in [7, 11) is 0. The van der Waals surface area contributed by atoms with Crippen LogP contribution in [0.3, 0.4) is 0 Å². The maximum atomic E-state index is 12.4. The Morgan fingerprint density at radius 3 is 2.41 bits per heavy atom. The number of amides is 1. The summed E-state index contributed by atoms with van der Waals surface area (Å²) >= 11 is 0. The molecule has 0 aliphatic carbocycles. The zero-order valence-corrected chi connectivity index (χ0v) is 15.9. The molecule has 0 fully saturated rings. The standard InChI is InChI=1S/C20H23N5O2/c1-13(2)25-19(22-23-24-25)12-27-18-7-5-16(6-8-18)20(26)21-17-10-14(3)9-15(4)11-17/h5-11,13H,12H2,1-4H3,(H,21,26). The molecule has 7 heteroatoms. The van der Waals surface area contributed by atoms with Gasteiger partial charge < -0.3 is 10.1 Å². The van der Waals surface area contributed by atoms with Crippen molar-refractivity contribution < 1.29 is 9.53 Å². The minimum absolute atomic E-state index is 0.157. The van der Waals surface area contributed by atoms with Crippen LogP contribution < -0.4 is 10.1 Å². The molecule has 0 atom stereocenters. The number of nitrogens with one attached hydrogen (secondary N) is 1. The first-order valence-electron chi connectivity index (χ1n) is 8.81. The molecule has 0 radical (unpaired) electrons. The first-order chi connectivity index (χ1) is 12.9. The van der Waals surface area contributed by atoms with Gasteiger partial charge in [-0.3, -0.25) is 4.79 Å². The highest BCUT2D eigenvalue weighted by molar-refractivity contribution is 6.04. The van der Waals surface area contributed by atoms with Gasteiger partial charge in [-0.1, -0.05) is 6.07 Å². The van der Waals surface area contributed by atoms with Gasteiger partial charge in [-0.15, -0.1) is 5.10 Å². The SMILES string of the molecule is Cc1cc(C)cc(NC(=O)c2ccc(OCc3nnnn3C(C)C)cc2)c1. The fourth-order valence-electron chi connectivity index (χ4n) is 2.81. The van der Waals surface area contributed by atoms with Gasteiger partial charge in [0.15, 0.2) is 5.82 Å². The van der Waals surface area contributed by atoms with E-state index in [1.807, 2.05) is 39.8 Å². The molecule has 0 unspecified atom stereocenters. The van der Waals surface area contributed by atoms with E-state index in [-0.39, 0.29) is 18.6 Å². The highest BCUT2D eigenvalue weighted by atomic mass is 16.5. The highest BCUT2D eigenvalue weighted by Gasteiger charge is 2.11. The molecule has 3 rings (SSSR count). The van der Waals surface area contributed by atoms with E-state index in [0.29, 0.717) is 17.1 Å². The van der Waals surface area contributed by atoms with Crippen LogP contribution >= 0.6 is 0 Å². The van der Waals surface area contributed by atoms with Crippen molar-refractivity contribution in [3.63, 3.8) is 0 Å². The fraction of sp³-hybridized carbons (Fsp3) is 0.300. The molecule has 3 aromatic rings. The lowest BCUT2D eigenvalue weighted by atomic mass is 10.1. The number of aryl methyl sites for hydroxylation is 2. The van der Waals surface area contributed by atoms with Gasteiger partial charge in [-0.05, 0) is 85.6 Å². The van der Waals surface area contributed by atoms with Crippen molar-refractivity contribution in [1.82, 2.24) is 20.2 Å². The predicted molar refractivity (Wildman–Crippen MR) is 103 cm³/mol. The number of carbonyl (C=O) groups is 1. The first-order valence-corrected chi connectivity index (χ1v) is 8.81. The Morgan fingerprint density at radius 1 is 1.11 bits per heavy atom. The number of tetrazole rings is 1. The Kier molecular flexibility index (Phi) is 5.49. The van der Waals surface area contributed by atoms with Crippen LogP contribution in [-0.2, 0) is 6.61 Å². The second kappa shape index (κ2) is 7.99. The molecule has 1 aromatic heterocycles. The second-order valence-electron chi connectivity index (χ2n) is 6.78. The Bertz CT molecular complexity index is 912. The molecular formula is C20H23N5O2. The van der Waals surface area contributed by atoms with Crippen molar-refractivity contribution in [3.8, 4) is 5.75 Å². The number of rotatable bonds is 6. The van der Waals surface area contributed by atoms with E-state index in [0.717, 1.165) is 16.8 Å². The largest absolute Gasteiger partial charge is 0.486 e. The molecule has 2 aromatic carbocycles. The topological polar surface area (TPSA) is 81.9 Å². The monoisotopic (exact) mass is 365 g/mol. The lowest BCUT2D eigenvalue weighted by Gasteiger charge is -2.10. The summed E-state index contributed by atoms with van der Waals surface area (Å²) in [6.07, 6.45) is 0. The third kappa shape index (κ3) is 4.69. The fourth-order valence-corrected chi connectivity index (χ4v) is 2.81. The highest BCUT2D eigenvalue weighted by Crippen LogP contribution is 2.17. The van der Waals surface area contributed by atoms with Gasteiger partial charge >= 0.3 is 0 Å². The molecule has 0 aliphatic rings. The number of benzene rings is 2. The van der Waals surface area contributed by atoms with Crippen LogP contribution in [0.15, 0.2) is 42.5 Å². The smallest absolute Gasteiger partial charge is 0.255 e. The van der Waals surface area contributed by atoms with Crippen LogP contribution in [-0.4, -0.2) is 26.1 Å².